The Kier molecular flexibility index (Phi) is 4.35. The molecule has 5 nitrogen and oxygen atoms in total. The molecule has 1 aliphatic heterocycles. The molecule has 1 saturated heterocycles. The maximum atomic E-state index is 12.5. The summed E-state index contributed by atoms with van der Waals surface area (Å²) in [7, 11) is 0. The molecule has 23 heavy (non-hydrogen) atoms. The average molecular weight is 331 g/mol. The van der Waals surface area contributed by atoms with Gasteiger partial charge in [-0.2, -0.15) is 18.3 Å². The van der Waals surface area contributed by atoms with Gasteiger partial charge in [0.1, 0.15) is 12.2 Å². The molecule has 2 heterocycles. The molecular weight excluding hydrogens is 311 g/mol. The van der Waals surface area contributed by atoms with Crippen LogP contribution in [0.4, 0.5) is 13.2 Å². The van der Waals surface area contributed by atoms with Crippen LogP contribution >= 0.6 is 0 Å². The van der Waals surface area contributed by atoms with Crippen molar-refractivity contribution in [2.75, 3.05) is 6.61 Å². The van der Waals surface area contributed by atoms with Crippen molar-refractivity contribution in [3.05, 3.63) is 18.0 Å². The predicted molar refractivity (Wildman–Crippen MR) is 75.9 cm³/mol. The highest BCUT2D eigenvalue weighted by Gasteiger charge is 2.45. The second kappa shape index (κ2) is 6.14. The Balaban J connectivity index is 1.71. The van der Waals surface area contributed by atoms with Crippen LogP contribution < -0.4 is 5.32 Å². The van der Waals surface area contributed by atoms with Crippen LogP contribution in [0, 0.1) is 0 Å². The molecule has 1 spiro atoms. The molecule has 0 bridgehead atoms. The van der Waals surface area contributed by atoms with Crippen LogP contribution in [-0.4, -0.2) is 40.1 Å². The van der Waals surface area contributed by atoms with E-state index in [0.717, 1.165) is 32.1 Å². The zero-order chi connectivity index (χ0) is 16.5. The van der Waals surface area contributed by atoms with Crippen LogP contribution in [0.5, 0.6) is 0 Å². The number of nitrogens with zero attached hydrogens (tertiary/aromatic N) is 2. The van der Waals surface area contributed by atoms with Gasteiger partial charge in [-0.1, -0.05) is 19.3 Å². The van der Waals surface area contributed by atoms with Gasteiger partial charge in [-0.05, 0) is 25.3 Å². The number of hydrogen-bond donors (Lipinski definition) is 1. The van der Waals surface area contributed by atoms with Gasteiger partial charge in [-0.15, -0.1) is 0 Å². The Morgan fingerprint density at radius 2 is 2.13 bits per heavy atom. The number of amides is 1. The lowest BCUT2D eigenvalue weighted by atomic mass is 9.79. The van der Waals surface area contributed by atoms with Crippen molar-refractivity contribution < 1.29 is 22.7 Å². The van der Waals surface area contributed by atoms with Crippen LogP contribution in [0.2, 0.25) is 0 Å². The Hall–Kier alpha value is -1.57. The number of alkyl halides is 3. The summed E-state index contributed by atoms with van der Waals surface area (Å²) in [5, 5.41) is 6.48. The highest BCUT2D eigenvalue weighted by atomic mass is 19.4. The maximum absolute atomic E-state index is 12.5. The van der Waals surface area contributed by atoms with Gasteiger partial charge in [0.2, 0.25) is 0 Å². The molecule has 1 amide bonds. The van der Waals surface area contributed by atoms with Gasteiger partial charge in [0.05, 0.1) is 11.6 Å². The van der Waals surface area contributed by atoms with E-state index in [9.17, 15) is 18.0 Å². The van der Waals surface area contributed by atoms with Gasteiger partial charge < -0.3 is 10.1 Å². The third kappa shape index (κ3) is 3.52. The van der Waals surface area contributed by atoms with Crippen molar-refractivity contribution in [2.45, 2.75) is 62.9 Å². The Morgan fingerprint density at radius 1 is 1.39 bits per heavy atom. The predicted octanol–water partition coefficient (Wildman–Crippen LogP) is 2.67. The Morgan fingerprint density at radius 3 is 2.83 bits per heavy atom. The van der Waals surface area contributed by atoms with E-state index in [0.29, 0.717) is 17.7 Å². The molecule has 0 aromatic carbocycles. The fourth-order valence-corrected chi connectivity index (χ4v) is 3.64. The third-order valence-corrected chi connectivity index (χ3v) is 4.71. The van der Waals surface area contributed by atoms with Crippen LogP contribution in [0.25, 0.3) is 0 Å². The van der Waals surface area contributed by atoms with Crippen molar-refractivity contribution in [3.63, 3.8) is 0 Å². The van der Waals surface area contributed by atoms with Gasteiger partial charge >= 0.3 is 6.18 Å². The van der Waals surface area contributed by atoms with Crippen LogP contribution in [-0.2, 0) is 11.3 Å². The zero-order valence-corrected chi connectivity index (χ0v) is 12.7. The van der Waals surface area contributed by atoms with E-state index in [1.165, 1.54) is 12.3 Å². The van der Waals surface area contributed by atoms with Crippen LogP contribution in [0.1, 0.15) is 49.0 Å². The van der Waals surface area contributed by atoms with Crippen molar-refractivity contribution in [1.29, 1.82) is 0 Å². The van der Waals surface area contributed by atoms with E-state index in [4.69, 9.17) is 4.74 Å². The van der Waals surface area contributed by atoms with E-state index in [1.54, 1.807) is 0 Å². The standard InChI is InChI=1S/C15H20F3N3O2/c16-15(17,18)10-21-11(4-8-19-21)13(22)20-12-5-9-23-14(12)6-2-1-3-7-14/h4,8,12H,1-3,5-7,9-10H2,(H,20,22). The average Bonchev–Trinajstić information content (AvgIpc) is 3.06. The van der Waals surface area contributed by atoms with Gasteiger partial charge in [-0.3, -0.25) is 9.48 Å². The molecule has 8 heteroatoms. The number of carbonyl (C=O) groups is 1. The summed E-state index contributed by atoms with van der Waals surface area (Å²) >= 11 is 0. The topological polar surface area (TPSA) is 56.1 Å². The SMILES string of the molecule is O=C(NC1CCOC12CCCCC2)c1ccnn1CC(F)(F)F. The molecule has 3 rings (SSSR count). The highest BCUT2D eigenvalue weighted by Crippen LogP contribution is 2.39. The van der Waals surface area contributed by atoms with E-state index in [1.807, 2.05) is 0 Å². The Bertz CT molecular complexity index is 565. The van der Waals surface area contributed by atoms with E-state index in [2.05, 4.69) is 10.4 Å². The first-order valence-corrected chi connectivity index (χ1v) is 7.93. The largest absolute Gasteiger partial charge is 0.408 e. The number of carbonyl (C=O) groups excluding carboxylic acids is 1. The van der Waals surface area contributed by atoms with Crippen LogP contribution in [0.15, 0.2) is 12.3 Å². The molecule has 1 aliphatic carbocycles. The quantitative estimate of drug-likeness (QED) is 0.926. The number of nitrogens with one attached hydrogen (secondary N) is 1. The molecule has 2 aliphatic rings. The van der Waals surface area contributed by atoms with Crippen LogP contribution in [0.3, 0.4) is 0 Å². The fraction of sp³-hybridized carbons (Fsp3) is 0.733. The summed E-state index contributed by atoms with van der Waals surface area (Å²) in [5.41, 5.74) is -0.414. The number of halogens is 3. The lowest BCUT2D eigenvalue weighted by molar-refractivity contribution is -0.142. The highest BCUT2D eigenvalue weighted by molar-refractivity contribution is 5.92. The summed E-state index contributed by atoms with van der Waals surface area (Å²) in [6, 6.07) is 1.16. The smallest absolute Gasteiger partial charge is 0.373 e. The van der Waals surface area contributed by atoms with Gasteiger partial charge in [0.25, 0.3) is 5.91 Å². The monoisotopic (exact) mass is 331 g/mol. The maximum Gasteiger partial charge on any atom is 0.408 e. The van der Waals surface area contributed by atoms with Crippen molar-refractivity contribution in [1.82, 2.24) is 15.1 Å². The normalized spacial score (nSPS) is 24.0. The number of hydrogen-bond acceptors (Lipinski definition) is 3. The minimum absolute atomic E-state index is 0.0693. The Labute approximate surface area is 132 Å². The number of ether oxygens (including phenoxy) is 1. The lowest BCUT2D eigenvalue weighted by Gasteiger charge is -2.38. The second-order valence-corrected chi connectivity index (χ2v) is 6.28. The second-order valence-electron chi connectivity index (χ2n) is 6.28. The summed E-state index contributed by atoms with van der Waals surface area (Å²) in [6.07, 6.45) is 2.53. The lowest BCUT2D eigenvalue weighted by Crippen LogP contribution is -2.51. The zero-order valence-electron chi connectivity index (χ0n) is 12.7. The minimum Gasteiger partial charge on any atom is -0.373 e. The van der Waals surface area contributed by atoms with E-state index in [-0.39, 0.29) is 17.3 Å². The van der Waals surface area contributed by atoms with Crippen molar-refractivity contribution in [2.24, 2.45) is 0 Å². The van der Waals surface area contributed by atoms with Gasteiger partial charge in [0, 0.05) is 12.8 Å². The summed E-state index contributed by atoms with van der Waals surface area (Å²) < 4.78 is 44.2. The molecule has 1 unspecified atom stereocenters. The molecule has 1 atom stereocenters. The van der Waals surface area contributed by atoms with Crippen molar-refractivity contribution in [3.8, 4) is 0 Å². The first-order valence-electron chi connectivity index (χ1n) is 7.93. The molecule has 128 valence electrons. The van der Waals surface area contributed by atoms with E-state index >= 15 is 0 Å². The van der Waals surface area contributed by atoms with Gasteiger partial charge in [-0.25, -0.2) is 0 Å². The van der Waals surface area contributed by atoms with Crippen molar-refractivity contribution >= 4 is 5.91 Å². The van der Waals surface area contributed by atoms with E-state index < -0.39 is 18.6 Å². The molecular formula is C15H20F3N3O2. The summed E-state index contributed by atoms with van der Waals surface area (Å²) in [4.78, 5) is 12.4. The summed E-state index contributed by atoms with van der Waals surface area (Å²) in [6.45, 7) is -0.693. The third-order valence-electron chi connectivity index (χ3n) is 4.71. The fourth-order valence-electron chi connectivity index (χ4n) is 3.64. The summed E-state index contributed by atoms with van der Waals surface area (Å²) in [5.74, 6) is -0.521. The molecule has 1 aromatic rings. The first kappa shape index (κ1) is 16.3. The first-order chi connectivity index (χ1) is 10.9. The molecule has 1 aromatic heterocycles. The molecule has 0 radical (unpaired) electrons. The molecule has 2 fully saturated rings. The molecule has 1 N–H and O–H groups in total. The van der Waals surface area contributed by atoms with Gasteiger partial charge in [0.15, 0.2) is 0 Å². The number of aromatic nitrogens is 2. The minimum atomic E-state index is -4.41. The number of rotatable bonds is 3. The molecule has 1 saturated carbocycles.